The smallest absolute Gasteiger partial charge is 0.251 e. The fourth-order valence-electron chi connectivity index (χ4n) is 2.40. The van der Waals surface area contributed by atoms with E-state index in [4.69, 9.17) is 9.47 Å². The molecule has 2 aromatic carbocycles. The zero-order valence-corrected chi connectivity index (χ0v) is 14.5. The van der Waals surface area contributed by atoms with Crippen LogP contribution in [0.2, 0.25) is 0 Å². The highest BCUT2D eigenvalue weighted by Crippen LogP contribution is 2.28. The van der Waals surface area contributed by atoms with Crippen molar-refractivity contribution in [3.8, 4) is 11.5 Å². The van der Waals surface area contributed by atoms with Crippen molar-refractivity contribution in [2.24, 2.45) is 0 Å². The standard InChI is InChI=1S/C20H25NO3/c1-15(2)24-18-12-11-17(14-19(18)23-3)20(22)21-13-7-10-16-8-5-4-6-9-16/h4-6,8-9,11-12,14-15H,7,10,13H2,1-3H3,(H,21,22). The Hall–Kier alpha value is -2.49. The van der Waals surface area contributed by atoms with Gasteiger partial charge in [-0.2, -0.15) is 0 Å². The number of hydrogen-bond acceptors (Lipinski definition) is 3. The zero-order valence-electron chi connectivity index (χ0n) is 14.5. The molecule has 0 saturated heterocycles. The minimum atomic E-state index is -0.0996. The maximum Gasteiger partial charge on any atom is 0.251 e. The predicted octanol–water partition coefficient (Wildman–Crippen LogP) is 3.85. The molecule has 0 unspecified atom stereocenters. The molecule has 128 valence electrons. The molecule has 4 heteroatoms. The van der Waals surface area contributed by atoms with Crippen LogP contribution in [0.25, 0.3) is 0 Å². The molecule has 0 radical (unpaired) electrons. The molecule has 0 aliphatic carbocycles. The van der Waals surface area contributed by atoms with Gasteiger partial charge in [-0.15, -0.1) is 0 Å². The van der Waals surface area contributed by atoms with Gasteiger partial charge in [0.15, 0.2) is 11.5 Å². The molecule has 4 nitrogen and oxygen atoms in total. The lowest BCUT2D eigenvalue weighted by molar-refractivity contribution is 0.0953. The summed E-state index contributed by atoms with van der Waals surface area (Å²) in [4.78, 5) is 12.3. The summed E-state index contributed by atoms with van der Waals surface area (Å²) in [6.07, 6.45) is 1.91. The monoisotopic (exact) mass is 327 g/mol. The summed E-state index contributed by atoms with van der Waals surface area (Å²) < 4.78 is 11.0. The van der Waals surface area contributed by atoms with E-state index in [0.717, 1.165) is 12.8 Å². The van der Waals surface area contributed by atoms with Crippen LogP contribution in [0.15, 0.2) is 48.5 Å². The average Bonchev–Trinajstić information content (AvgIpc) is 2.59. The summed E-state index contributed by atoms with van der Waals surface area (Å²) in [5, 5.41) is 2.95. The van der Waals surface area contributed by atoms with Crippen LogP contribution in [0.5, 0.6) is 11.5 Å². The lowest BCUT2D eigenvalue weighted by atomic mass is 10.1. The Kier molecular flexibility index (Phi) is 6.67. The number of ether oxygens (including phenoxy) is 2. The summed E-state index contributed by atoms with van der Waals surface area (Å²) in [5.74, 6) is 1.12. The average molecular weight is 327 g/mol. The highest BCUT2D eigenvalue weighted by molar-refractivity contribution is 5.94. The van der Waals surface area contributed by atoms with E-state index >= 15 is 0 Å². The summed E-state index contributed by atoms with van der Waals surface area (Å²) in [7, 11) is 1.57. The van der Waals surface area contributed by atoms with Gasteiger partial charge in [-0.05, 0) is 50.5 Å². The fraction of sp³-hybridized carbons (Fsp3) is 0.350. The third kappa shape index (κ3) is 5.30. The topological polar surface area (TPSA) is 47.6 Å². The number of rotatable bonds is 8. The Morgan fingerprint density at radius 1 is 1.08 bits per heavy atom. The van der Waals surface area contributed by atoms with Crippen LogP contribution in [0, 0.1) is 0 Å². The maximum atomic E-state index is 12.3. The minimum Gasteiger partial charge on any atom is -0.493 e. The van der Waals surface area contributed by atoms with Crippen molar-refractivity contribution < 1.29 is 14.3 Å². The van der Waals surface area contributed by atoms with Crippen molar-refractivity contribution in [1.29, 1.82) is 0 Å². The molecule has 24 heavy (non-hydrogen) atoms. The van der Waals surface area contributed by atoms with Crippen LogP contribution < -0.4 is 14.8 Å². The highest BCUT2D eigenvalue weighted by Gasteiger charge is 2.11. The first-order valence-electron chi connectivity index (χ1n) is 8.27. The second-order valence-corrected chi connectivity index (χ2v) is 5.88. The van der Waals surface area contributed by atoms with E-state index in [1.54, 1.807) is 25.3 Å². The Balaban J connectivity index is 1.87. The summed E-state index contributed by atoms with van der Waals surface area (Å²) in [5.41, 5.74) is 1.85. The third-order valence-corrected chi connectivity index (χ3v) is 3.56. The van der Waals surface area contributed by atoms with Gasteiger partial charge in [0.2, 0.25) is 0 Å². The van der Waals surface area contributed by atoms with Crippen molar-refractivity contribution in [2.75, 3.05) is 13.7 Å². The van der Waals surface area contributed by atoms with E-state index in [-0.39, 0.29) is 12.0 Å². The van der Waals surface area contributed by atoms with Crippen LogP contribution in [0.3, 0.4) is 0 Å². The van der Waals surface area contributed by atoms with E-state index in [1.165, 1.54) is 5.56 Å². The zero-order chi connectivity index (χ0) is 17.4. The maximum absolute atomic E-state index is 12.3. The molecule has 0 atom stereocenters. The largest absolute Gasteiger partial charge is 0.493 e. The van der Waals surface area contributed by atoms with Crippen molar-refractivity contribution in [1.82, 2.24) is 5.32 Å². The molecule has 0 spiro atoms. The van der Waals surface area contributed by atoms with Crippen LogP contribution in [0.4, 0.5) is 0 Å². The SMILES string of the molecule is COc1cc(C(=O)NCCCc2ccccc2)ccc1OC(C)C. The van der Waals surface area contributed by atoms with Gasteiger partial charge in [0.25, 0.3) is 5.91 Å². The quantitative estimate of drug-likeness (QED) is 0.749. The van der Waals surface area contributed by atoms with Crippen LogP contribution >= 0.6 is 0 Å². The van der Waals surface area contributed by atoms with E-state index in [0.29, 0.717) is 23.6 Å². The molecule has 0 saturated carbocycles. The van der Waals surface area contributed by atoms with E-state index in [9.17, 15) is 4.79 Å². The third-order valence-electron chi connectivity index (χ3n) is 3.56. The number of hydrogen-bond donors (Lipinski definition) is 1. The Morgan fingerprint density at radius 2 is 1.83 bits per heavy atom. The van der Waals surface area contributed by atoms with Crippen molar-refractivity contribution >= 4 is 5.91 Å². The lowest BCUT2D eigenvalue weighted by Gasteiger charge is -2.14. The second-order valence-electron chi connectivity index (χ2n) is 5.88. The van der Waals surface area contributed by atoms with E-state index < -0.39 is 0 Å². The van der Waals surface area contributed by atoms with Gasteiger partial charge in [0.05, 0.1) is 13.2 Å². The van der Waals surface area contributed by atoms with Gasteiger partial charge in [-0.3, -0.25) is 4.79 Å². The number of aryl methyl sites for hydroxylation is 1. The molecule has 2 aromatic rings. The first-order valence-corrected chi connectivity index (χ1v) is 8.27. The molecule has 1 amide bonds. The van der Waals surface area contributed by atoms with Gasteiger partial charge in [-0.25, -0.2) is 0 Å². The van der Waals surface area contributed by atoms with Gasteiger partial charge in [0.1, 0.15) is 0 Å². The van der Waals surface area contributed by atoms with Crippen LogP contribution in [-0.2, 0) is 6.42 Å². The second kappa shape index (κ2) is 8.96. The number of nitrogens with one attached hydrogen (secondary N) is 1. The number of benzene rings is 2. The Labute approximate surface area is 143 Å². The first-order chi connectivity index (χ1) is 11.6. The molecule has 0 bridgehead atoms. The highest BCUT2D eigenvalue weighted by atomic mass is 16.5. The summed E-state index contributed by atoms with van der Waals surface area (Å²) >= 11 is 0. The van der Waals surface area contributed by atoms with E-state index in [2.05, 4.69) is 17.4 Å². The number of carbonyl (C=O) groups is 1. The Morgan fingerprint density at radius 3 is 2.50 bits per heavy atom. The fourth-order valence-corrected chi connectivity index (χ4v) is 2.40. The number of carbonyl (C=O) groups excluding carboxylic acids is 1. The van der Waals surface area contributed by atoms with Crippen molar-refractivity contribution in [3.05, 3.63) is 59.7 Å². The van der Waals surface area contributed by atoms with Crippen molar-refractivity contribution in [2.45, 2.75) is 32.8 Å². The molecule has 0 aromatic heterocycles. The van der Waals surface area contributed by atoms with Gasteiger partial charge in [-0.1, -0.05) is 30.3 Å². The summed E-state index contributed by atoms with van der Waals surface area (Å²) in [6.45, 7) is 4.54. The lowest BCUT2D eigenvalue weighted by Crippen LogP contribution is -2.24. The number of methoxy groups -OCH3 is 1. The normalized spacial score (nSPS) is 10.5. The molecular formula is C20H25NO3. The van der Waals surface area contributed by atoms with Gasteiger partial charge in [0, 0.05) is 12.1 Å². The van der Waals surface area contributed by atoms with Crippen molar-refractivity contribution in [3.63, 3.8) is 0 Å². The van der Waals surface area contributed by atoms with E-state index in [1.807, 2.05) is 32.0 Å². The van der Waals surface area contributed by atoms with Gasteiger partial charge >= 0.3 is 0 Å². The molecule has 0 aliphatic heterocycles. The van der Waals surface area contributed by atoms with Gasteiger partial charge < -0.3 is 14.8 Å². The predicted molar refractivity (Wildman–Crippen MR) is 95.9 cm³/mol. The minimum absolute atomic E-state index is 0.0524. The summed E-state index contributed by atoms with van der Waals surface area (Å²) in [6, 6.07) is 15.5. The molecule has 2 rings (SSSR count). The van der Waals surface area contributed by atoms with Crippen LogP contribution in [-0.4, -0.2) is 25.7 Å². The Bertz CT molecular complexity index is 653. The van der Waals surface area contributed by atoms with Crippen LogP contribution in [0.1, 0.15) is 36.2 Å². The molecule has 0 fully saturated rings. The molecular weight excluding hydrogens is 302 g/mol. The molecule has 0 heterocycles. The first kappa shape index (κ1) is 17.9. The molecule has 0 aliphatic rings. The number of amides is 1. The molecule has 1 N–H and O–H groups in total.